The fraction of sp³-hybridized carbons (Fsp3) is 0.750. The molecule has 24 heavy (non-hydrogen) atoms. The van der Waals surface area contributed by atoms with E-state index in [9.17, 15) is 4.57 Å². The summed E-state index contributed by atoms with van der Waals surface area (Å²) in [6, 6.07) is 1.83. The van der Waals surface area contributed by atoms with Crippen molar-refractivity contribution in [3.8, 4) is 5.88 Å². The lowest BCUT2D eigenvalue weighted by molar-refractivity contribution is 0.321. The van der Waals surface area contributed by atoms with E-state index in [0.29, 0.717) is 24.8 Å². The van der Waals surface area contributed by atoms with E-state index in [2.05, 4.69) is 37.7 Å². The lowest BCUT2D eigenvalue weighted by Crippen LogP contribution is -2.17. The summed E-state index contributed by atoms with van der Waals surface area (Å²) in [4.78, 5) is 9.11. The van der Waals surface area contributed by atoms with Crippen molar-refractivity contribution < 1.29 is 13.8 Å². The summed E-state index contributed by atoms with van der Waals surface area (Å²) in [5.41, 5.74) is 0.646. The molecule has 1 aromatic rings. The molecular weight excluding hydrogens is 363 g/mol. The predicted octanol–water partition coefficient (Wildman–Crippen LogP) is 5.69. The molecule has 1 aromatic heterocycles. The van der Waals surface area contributed by atoms with Crippen LogP contribution >= 0.6 is 28.5 Å². The molecular formula is C16H29N2O3PS2. The Labute approximate surface area is 154 Å². The van der Waals surface area contributed by atoms with Crippen LogP contribution in [-0.2, 0) is 20.3 Å². The largest absolute Gasteiger partial charge is 0.478 e. The number of aromatic nitrogens is 2. The standard InChI is InChI=1S/C16H29N2O3PS2/c1-7-10-23-22(19,21-9-3)24-12-13-11-14(20-8-2)18-15(17-13)16(4,5)6/h11H,7-10,12H2,1-6H3. The minimum Gasteiger partial charge on any atom is -0.478 e. The SMILES string of the molecule is CCCSP(=O)(OCC)SCc1cc(OCC)nc(C(C)(C)C)n1. The van der Waals surface area contributed by atoms with E-state index in [-0.39, 0.29) is 5.41 Å². The van der Waals surface area contributed by atoms with Crippen molar-refractivity contribution in [1.82, 2.24) is 9.97 Å². The number of rotatable bonds is 10. The van der Waals surface area contributed by atoms with E-state index < -0.39 is 5.77 Å². The molecule has 0 saturated carbocycles. The Balaban J connectivity index is 2.95. The third-order valence-corrected chi connectivity index (χ3v) is 10.4. The molecule has 0 aliphatic heterocycles. The van der Waals surface area contributed by atoms with Crippen LogP contribution in [0.4, 0.5) is 0 Å². The molecule has 0 saturated heterocycles. The summed E-state index contributed by atoms with van der Waals surface area (Å²) in [6.07, 6.45) is 0.971. The van der Waals surface area contributed by atoms with Gasteiger partial charge in [0.25, 0.3) is 0 Å². The number of ether oxygens (including phenoxy) is 1. The molecule has 0 N–H and O–H groups in total. The zero-order valence-corrected chi connectivity index (χ0v) is 18.0. The van der Waals surface area contributed by atoms with Crippen molar-refractivity contribution in [2.75, 3.05) is 19.0 Å². The molecule has 1 atom stereocenters. The van der Waals surface area contributed by atoms with Crippen LogP contribution in [0.25, 0.3) is 0 Å². The summed E-state index contributed by atoms with van der Waals surface area (Å²) >= 11 is 2.75. The Bertz CT molecular complexity index is 565. The van der Waals surface area contributed by atoms with E-state index in [1.54, 1.807) is 0 Å². The summed E-state index contributed by atoms with van der Waals surface area (Å²) < 4.78 is 24.0. The van der Waals surface area contributed by atoms with Crippen molar-refractivity contribution >= 4 is 28.5 Å². The van der Waals surface area contributed by atoms with Gasteiger partial charge in [0.15, 0.2) is 0 Å². The van der Waals surface area contributed by atoms with Gasteiger partial charge in [-0.3, -0.25) is 4.57 Å². The molecule has 1 rings (SSSR count). The van der Waals surface area contributed by atoms with E-state index in [1.165, 1.54) is 22.8 Å². The van der Waals surface area contributed by atoms with Crippen LogP contribution in [0.15, 0.2) is 6.07 Å². The van der Waals surface area contributed by atoms with Gasteiger partial charge in [-0.05, 0) is 20.3 Å². The maximum absolute atomic E-state index is 12.9. The first-order chi connectivity index (χ1) is 11.2. The van der Waals surface area contributed by atoms with Gasteiger partial charge < -0.3 is 9.26 Å². The van der Waals surface area contributed by atoms with E-state index >= 15 is 0 Å². The highest BCUT2D eigenvalue weighted by Gasteiger charge is 2.25. The van der Waals surface area contributed by atoms with E-state index in [0.717, 1.165) is 23.7 Å². The minimum absolute atomic E-state index is 0.174. The normalized spacial score (nSPS) is 14.4. The number of nitrogens with zero attached hydrogens (tertiary/aromatic N) is 2. The fourth-order valence-electron chi connectivity index (χ4n) is 1.72. The Kier molecular flexibility index (Phi) is 9.13. The maximum Gasteiger partial charge on any atom is 0.313 e. The second kappa shape index (κ2) is 10.0. The highest BCUT2D eigenvalue weighted by molar-refractivity contribution is 8.89. The first-order valence-electron chi connectivity index (χ1n) is 8.29. The molecule has 0 amide bonds. The molecule has 0 spiro atoms. The van der Waals surface area contributed by atoms with Crippen LogP contribution in [0.1, 0.15) is 59.5 Å². The van der Waals surface area contributed by atoms with Crippen molar-refractivity contribution in [3.05, 3.63) is 17.6 Å². The van der Waals surface area contributed by atoms with Gasteiger partial charge >= 0.3 is 5.77 Å². The summed E-state index contributed by atoms with van der Waals surface area (Å²) in [5, 5.41) is 0. The molecule has 1 heterocycles. The van der Waals surface area contributed by atoms with Crippen LogP contribution in [0.3, 0.4) is 0 Å². The Hall–Kier alpha value is -0.230. The highest BCUT2D eigenvalue weighted by atomic mass is 33.1. The van der Waals surface area contributed by atoms with Gasteiger partial charge in [-0.15, -0.1) is 0 Å². The molecule has 0 aliphatic carbocycles. The third-order valence-electron chi connectivity index (χ3n) is 2.83. The van der Waals surface area contributed by atoms with E-state index in [1.807, 2.05) is 19.9 Å². The van der Waals surface area contributed by atoms with Crippen molar-refractivity contribution in [2.45, 2.75) is 59.1 Å². The van der Waals surface area contributed by atoms with Gasteiger partial charge in [-0.1, -0.05) is 50.5 Å². The van der Waals surface area contributed by atoms with Crippen molar-refractivity contribution in [2.24, 2.45) is 0 Å². The average Bonchev–Trinajstić information content (AvgIpc) is 2.51. The average molecular weight is 393 g/mol. The van der Waals surface area contributed by atoms with Gasteiger partial charge in [0.1, 0.15) is 5.82 Å². The monoisotopic (exact) mass is 392 g/mol. The third kappa shape index (κ3) is 7.34. The molecule has 0 aromatic carbocycles. The quantitative estimate of drug-likeness (QED) is 0.474. The van der Waals surface area contributed by atoms with Gasteiger partial charge in [0.05, 0.1) is 18.9 Å². The smallest absolute Gasteiger partial charge is 0.313 e. The second-order valence-electron chi connectivity index (χ2n) is 6.18. The van der Waals surface area contributed by atoms with Crippen molar-refractivity contribution in [1.29, 1.82) is 0 Å². The first kappa shape index (κ1) is 21.8. The highest BCUT2D eigenvalue weighted by Crippen LogP contribution is 2.70. The molecule has 0 bridgehead atoms. The molecule has 0 fully saturated rings. The molecule has 0 radical (unpaired) electrons. The molecule has 138 valence electrons. The van der Waals surface area contributed by atoms with Crippen LogP contribution < -0.4 is 4.74 Å². The minimum atomic E-state index is -2.76. The van der Waals surface area contributed by atoms with Crippen molar-refractivity contribution in [3.63, 3.8) is 0 Å². The van der Waals surface area contributed by atoms with Crippen LogP contribution in [0, 0.1) is 0 Å². The van der Waals surface area contributed by atoms with Gasteiger partial charge in [-0.25, -0.2) is 4.98 Å². The fourth-order valence-corrected chi connectivity index (χ4v) is 8.32. The van der Waals surface area contributed by atoms with Gasteiger partial charge in [0, 0.05) is 23.0 Å². The Morgan fingerprint density at radius 2 is 1.83 bits per heavy atom. The van der Waals surface area contributed by atoms with Gasteiger partial charge in [0.2, 0.25) is 5.88 Å². The summed E-state index contributed by atoms with van der Waals surface area (Å²) in [6.45, 7) is 13.1. The zero-order chi connectivity index (χ0) is 18.2. The number of hydrogen-bond acceptors (Lipinski definition) is 7. The molecule has 1 unspecified atom stereocenters. The van der Waals surface area contributed by atoms with Crippen LogP contribution in [0.5, 0.6) is 5.88 Å². The van der Waals surface area contributed by atoms with Crippen LogP contribution in [-0.4, -0.2) is 28.9 Å². The molecule has 5 nitrogen and oxygen atoms in total. The number of hydrogen-bond donors (Lipinski definition) is 0. The van der Waals surface area contributed by atoms with E-state index in [4.69, 9.17) is 9.26 Å². The summed E-state index contributed by atoms with van der Waals surface area (Å²) in [7, 11) is 0. The summed E-state index contributed by atoms with van der Waals surface area (Å²) in [5.74, 6) is -0.114. The molecule has 0 aliphatic rings. The second-order valence-corrected chi connectivity index (χ2v) is 13.7. The predicted molar refractivity (Wildman–Crippen MR) is 105 cm³/mol. The Morgan fingerprint density at radius 1 is 1.12 bits per heavy atom. The zero-order valence-electron chi connectivity index (χ0n) is 15.5. The Morgan fingerprint density at radius 3 is 2.38 bits per heavy atom. The van der Waals surface area contributed by atoms with Gasteiger partial charge in [-0.2, -0.15) is 4.98 Å². The van der Waals surface area contributed by atoms with Crippen LogP contribution in [0.2, 0.25) is 0 Å². The maximum atomic E-state index is 12.9. The molecule has 8 heteroatoms. The topological polar surface area (TPSA) is 61.3 Å². The lowest BCUT2D eigenvalue weighted by Gasteiger charge is -2.19. The first-order valence-corrected chi connectivity index (χ1v) is 13.1. The lowest BCUT2D eigenvalue weighted by atomic mass is 9.95.